The fourth-order valence-electron chi connectivity index (χ4n) is 3.54. The van der Waals surface area contributed by atoms with Crippen molar-refractivity contribution >= 4 is 5.97 Å². The minimum Gasteiger partial charge on any atom is -0.493 e. The minimum absolute atomic E-state index is 0.468. The van der Waals surface area contributed by atoms with Crippen LogP contribution in [0.2, 0.25) is 0 Å². The summed E-state index contributed by atoms with van der Waals surface area (Å²) in [5.41, 5.74) is 0.137. The molecular formula is C23H30O7. The van der Waals surface area contributed by atoms with Crippen molar-refractivity contribution in [1.29, 1.82) is 0 Å². The maximum Gasteiger partial charge on any atom is 0.303 e. The number of carbonyl (C=O) groups is 1. The van der Waals surface area contributed by atoms with Gasteiger partial charge in [-0.1, -0.05) is 12.1 Å². The Balaban J connectivity index is 2.67. The van der Waals surface area contributed by atoms with E-state index in [1.807, 2.05) is 6.07 Å². The maximum atomic E-state index is 12.0. The van der Waals surface area contributed by atoms with Gasteiger partial charge >= 0.3 is 5.97 Å². The topological polar surface area (TPSA) is 83.5 Å². The number of aliphatic hydroxyl groups is 1. The van der Waals surface area contributed by atoms with Crippen molar-refractivity contribution in [2.45, 2.75) is 38.4 Å². The molecule has 0 saturated heterocycles. The van der Waals surface area contributed by atoms with E-state index in [0.717, 1.165) is 5.56 Å². The summed E-state index contributed by atoms with van der Waals surface area (Å²) < 4.78 is 27.2. The van der Waals surface area contributed by atoms with Crippen molar-refractivity contribution in [1.82, 2.24) is 0 Å². The Labute approximate surface area is 177 Å². The molecule has 0 aliphatic heterocycles. The smallest absolute Gasteiger partial charge is 0.303 e. The second kappa shape index (κ2) is 9.71. The van der Waals surface area contributed by atoms with Gasteiger partial charge in [0.05, 0.1) is 40.0 Å². The first-order chi connectivity index (χ1) is 14.2. The molecule has 0 radical (unpaired) electrons. The first kappa shape index (κ1) is 23.3. The van der Waals surface area contributed by atoms with Crippen LogP contribution in [0, 0.1) is 0 Å². The SMILES string of the molecule is COc1ccc([C@H](OC(C)=O)[C@H](c2ccc(OC)c(OC)c2)C(C)(C)O)cc1OC. The standard InChI is InChI=1S/C23H30O7/c1-14(24)30-22(16-9-11-18(27-5)20(13-16)29-7)21(23(2,3)25)15-8-10-17(26-4)19(12-15)28-6/h8-13,21-22,25H,1-7H3/t21-,22-/m0/s1. The molecule has 2 rings (SSSR count). The molecule has 164 valence electrons. The van der Waals surface area contributed by atoms with Crippen LogP contribution in [0.3, 0.4) is 0 Å². The summed E-state index contributed by atoms with van der Waals surface area (Å²) in [6.07, 6.45) is -0.791. The van der Waals surface area contributed by atoms with Gasteiger partial charge in [-0.25, -0.2) is 0 Å². The molecule has 2 aromatic carbocycles. The Morgan fingerprint density at radius 3 is 1.63 bits per heavy atom. The van der Waals surface area contributed by atoms with Crippen LogP contribution in [0.15, 0.2) is 36.4 Å². The van der Waals surface area contributed by atoms with Crippen molar-refractivity contribution < 1.29 is 33.6 Å². The first-order valence-corrected chi connectivity index (χ1v) is 9.49. The first-order valence-electron chi connectivity index (χ1n) is 9.49. The van der Waals surface area contributed by atoms with Gasteiger partial charge in [-0.05, 0) is 49.2 Å². The Bertz CT molecular complexity index is 870. The zero-order chi connectivity index (χ0) is 22.5. The van der Waals surface area contributed by atoms with Crippen LogP contribution in [-0.4, -0.2) is 45.1 Å². The zero-order valence-electron chi connectivity index (χ0n) is 18.5. The van der Waals surface area contributed by atoms with E-state index in [4.69, 9.17) is 23.7 Å². The largest absolute Gasteiger partial charge is 0.493 e. The quantitative estimate of drug-likeness (QED) is 0.619. The fourth-order valence-corrected chi connectivity index (χ4v) is 3.54. The van der Waals surface area contributed by atoms with E-state index in [9.17, 15) is 9.90 Å². The average Bonchev–Trinajstić information content (AvgIpc) is 2.71. The van der Waals surface area contributed by atoms with Gasteiger partial charge in [0.1, 0.15) is 6.10 Å². The van der Waals surface area contributed by atoms with Crippen LogP contribution in [0.25, 0.3) is 0 Å². The lowest BCUT2D eigenvalue weighted by atomic mass is 9.78. The molecule has 0 heterocycles. The van der Waals surface area contributed by atoms with E-state index in [0.29, 0.717) is 28.6 Å². The van der Waals surface area contributed by atoms with Crippen molar-refractivity contribution in [3.63, 3.8) is 0 Å². The van der Waals surface area contributed by atoms with Crippen LogP contribution in [0.4, 0.5) is 0 Å². The Hall–Kier alpha value is -2.93. The van der Waals surface area contributed by atoms with Gasteiger partial charge in [-0.2, -0.15) is 0 Å². The molecular weight excluding hydrogens is 388 g/mol. The molecule has 0 bridgehead atoms. The summed E-state index contributed by atoms with van der Waals surface area (Å²) in [6, 6.07) is 10.6. The van der Waals surface area contributed by atoms with Gasteiger partial charge < -0.3 is 28.8 Å². The van der Waals surface area contributed by atoms with Gasteiger partial charge in [0, 0.05) is 6.92 Å². The number of hydrogen-bond donors (Lipinski definition) is 1. The normalized spacial score (nSPS) is 13.2. The highest BCUT2D eigenvalue weighted by atomic mass is 16.5. The van der Waals surface area contributed by atoms with Crippen molar-refractivity contribution in [2.24, 2.45) is 0 Å². The number of rotatable bonds is 9. The third-order valence-corrected chi connectivity index (χ3v) is 4.86. The third kappa shape index (κ3) is 5.16. The van der Waals surface area contributed by atoms with Crippen molar-refractivity contribution in [2.75, 3.05) is 28.4 Å². The lowest BCUT2D eigenvalue weighted by Crippen LogP contribution is -2.35. The van der Waals surface area contributed by atoms with E-state index >= 15 is 0 Å². The molecule has 0 unspecified atom stereocenters. The zero-order valence-corrected chi connectivity index (χ0v) is 18.5. The molecule has 1 N–H and O–H groups in total. The molecule has 0 aromatic heterocycles. The molecule has 0 fully saturated rings. The Morgan fingerprint density at radius 2 is 1.23 bits per heavy atom. The molecule has 0 spiro atoms. The molecule has 7 heteroatoms. The van der Waals surface area contributed by atoms with Crippen LogP contribution in [-0.2, 0) is 9.53 Å². The van der Waals surface area contributed by atoms with Crippen LogP contribution >= 0.6 is 0 Å². The van der Waals surface area contributed by atoms with Gasteiger partial charge in [0.15, 0.2) is 23.0 Å². The third-order valence-electron chi connectivity index (χ3n) is 4.86. The van der Waals surface area contributed by atoms with Crippen molar-refractivity contribution in [3.8, 4) is 23.0 Å². The highest BCUT2D eigenvalue weighted by Gasteiger charge is 2.39. The van der Waals surface area contributed by atoms with Crippen LogP contribution < -0.4 is 18.9 Å². The summed E-state index contributed by atoms with van der Waals surface area (Å²) in [5, 5.41) is 11.1. The molecule has 0 amide bonds. The van der Waals surface area contributed by atoms with Crippen LogP contribution in [0.1, 0.15) is 43.9 Å². The molecule has 30 heavy (non-hydrogen) atoms. The van der Waals surface area contributed by atoms with Gasteiger partial charge in [-0.3, -0.25) is 4.79 Å². The summed E-state index contributed by atoms with van der Waals surface area (Å²) in [5.74, 6) is 1.04. The summed E-state index contributed by atoms with van der Waals surface area (Å²) in [6.45, 7) is 4.68. The highest BCUT2D eigenvalue weighted by Crippen LogP contribution is 2.45. The van der Waals surface area contributed by atoms with E-state index in [2.05, 4.69) is 0 Å². The Morgan fingerprint density at radius 1 is 0.800 bits per heavy atom. The summed E-state index contributed by atoms with van der Waals surface area (Å²) in [7, 11) is 6.17. The number of esters is 1. The molecule has 7 nitrogen and oxygen atoms in total. The van der Waals surface area contributed by atoms with E-state index in [1.165, 1.54) is 14.0 Å². The number of benzene rings is 2. The highest BCUT2D eigenvalue weighted by molar-refractivity contribution is 5.66. The van der Waals surface area contributed by atoms with E-state index < -0.39 is 23.6 Å². The second-order valence-electron chi connectivity index (χ2n) is 7.39. The minimum atomic E-state index is -1.24. The van der Waals surface area contributed by atoms with Crippen LogP contribution in [0.5, 0.6) is 23.0 Å². The van der Waals surface area contributed by atoms with Gasteiger partial charge in [0.2, 0.25) is 0 Å². The number of ether oxygens (including phenoxy) is 5. The fraction of sp³-hybridized carbons (Fsp3) is 0.435. The number of methoxy groups -OCH3 is 4. The molecule has 2 aromatic rings. The van der Waals surface area contributed by atoms with E-state index in [1.54, 1.807) is 65.5 Å². The predicted molar refractivity (Wildman–Crippen MR) is 113 cm³/mol. The monoisotopic (exact) mass is 418 g/mol. The van der Waals surface area contributed by atoms with Gasteiger partial charge in [-0.15, -0.1) is 0 Å². The Kier molecular flexibility index (Phi) is 7.56. The average molecular weight is 418 g/mol. The molecule has 2 atom stereocenters. The van der Waals surface area contributed by atoms with Crippen molar-refractivity contribution in [3.05, 3.63) is 47.5 Å². The second-order valence-corrected chi connectivity index (χ2v) is 7.39. The lowest BCUT2D eigenvalue weighted by molar-refractivity contribution is -0.151. The molecule has 0 aliphatic rings. The number of carbonyl (C=O) groups excluding carboxylic acids is 1. The molecule has 0 aliphatic carbocycles. The van der Waals surface area contributed by atoms with E-state index in [-0.39, 0.29) is 0 Å². The summed E-state index contributed by atoms with van der Waals surface area (Å²) >= 11 is 0. The lowest BCUT2D eigenvalue weighted by Gasteiger charge is -2.36. The maximum absolute atomic E-state index is 12.0. The predicted octanol–water partition coefficient (Wildman–Crippen LogP) is 3.88. The van der Waals surface area contributed by atoms with Gasteiger partial charge in [0.25, 0.3) is 0 Å². The molecule has 0 saturated carbocycles. The number of hydrogen-bond acceptors (Lipinski definition) is 7. The summed E-state index contributed by atoms with van der Waals surface area (Å²) in [4.78, 5) is 12.0.